The zero-order chi connectivity index (χ0) is 13.9. The lowest BCUT2D eigenvalue weighted by Gasteiger charge is -2.20. The molecule has 0 fully saturated rings. The molecule has 3 rings (SSSR count). The first kappa shape index (κ1) is 12.5. The number of carbonyl (C=O) groups is 1. The summed E-state index contributed by atoms with van der Waals surface area (Å²) in [6, 6.07) is 15.1. The molecule has 3 nitrogen and oxygen atoms in total. The highest BCUT2D eigenvalue weighted by Crippen LogP contribution is 2.36. The van der Waals surface area contributed by atoms with Crippen LogP contribution in [0.5, 0.6) is 11.5 Å². The molecule has 1 aliphatic heterocycles. The highest BCUT2D eigenvalue weighted by atomic mass is 16.5. The van der Waals surface area contributed by atoms with Gasteiger partial charge in [-0.2, -0.15) is 0 Å². The zero-order valence-electron chi connectivity index (χ0n) is 11.1. The number of para-hydroxylation sites is 1. The molecule has 0 bridgehead atoms. The maximum atomic E-state index is 12.5. The molecule has 0 radical (unpaired) electrons. The van der Waals surface area contributed by atoms with Crippen LogP contribution in [0.4, 0.5) is 0 Å². The molecule has 0 saturated heterocycles. The molecule has 3 heteroatoms. The third-order valence-corrected chi connectivity index (χ3v) is 3.25. The van der Waals surface area contributed by atoms with Crippen molar-refractivity contribution in [2.75, 3.05) is 13.7 Å². The molecule has 1 aliphatic rings. The van der Waals surface area contributed by atoms with Gasteiger partial charge in [-0.05, 0) is 23.8 Å². The van der Waals surface area contributed by atoms with Crippen molar-refractivity contribution in [2.45, 2.75) is 0 Å². The van der Waals surface area contributed by atoms with Crippen molar-refractivity contribution >= 4 is 11.9 Å². The first-order valence-corrected chi connectivity index (χ1v) is 6.39. The van der Waals surface area contributed by atoms with Gasteiger partial charge in [0.15, 0.2) is 17.3 Å². The Morgan fingerprint density at radius 1 is 1.10 bits per heavy atom. The first-order valence-electron chi connectivity index (χ1n) is 6.39. The number of carbonyl (C=O) groups excluding carboxylic acids is 1. The van der Waals surface area contributed by atoms with Crippen LogP contribution in [-0.4, -0.2) is 19.5 Å². The standard InChI is InChI=1S/C17H14O3/c1-19-15-9-5-8-14-16(18)13(11-20-17(14)15)10-12-6-3-2-4-7-12/h2-10H,11H2,1H3/b13-10+. The van der Waals surface area contributed by atoms with Gasteiger partial charge in [0.05, 0.1) is 12.7 Å². The predicted octanol–water partition coefficient (Wildman–Crippen LogP) is 3.35. The molecule has 2 aromatic rings. The molecule has 0 aliphatic carbocycles. The minimum atomic E-state index is -0.00555. The highest BCUT2D eigenvalue weighted by molar-refractivity contribution is 6.14. The molecule has 0 atom stereocenters. The van der Waals surface area contributed by atoms with E-state index >= 15 is 0 Å². The van der Waals surface area contributed by atoms with Crippen LogP contribution in [0.15, 0.2) is 54.1 Å². The lowest BCUT2D eigenvalue weighted by atomic mass is 9.98. The molecule has 100 valence electrons. The van der Waals surface area contributed by atoms with E-state index in [-0.39, 0.29) is 12.4 Å². The van der Waals surface area contributed by atoms with Gasteiger partial charge >= 0.3 is 0 Å². The molecule has 20 heavy (non-hydrogen) atoms. The van der Waals surface area contributed by atoms with Crippen LogP contribution < -0.4 is 9.47 Å². The Balaban J connectivity index is 2.00. The molecule has 0 saturated carbocycles. The number of hydrogen-bond donors (Lipinski definition) is 0. The van der Waals surface area contributed by atoms with Gasteiger partial charge in [0.2, 0.25) is 0 Å². The second-order valence-corrected chi connectivity index (χ2v) is 4.54. The van der Waals surface area contributed by atoms with Gasteiger partial charge in [-0.3, -0.25) is 4.79 Å². The minimum Gasteiger partial charge on any atom is -0.493 e. The molecule has 0 aromatic heterocycles. The predicted molar refractivity (Wildman–Crippen MR) is 77.2 cm³/mol. The van der Waals surface area contributed by atoms with Crippen LogP contribution in [0.25, 0.3) is 6.08 Å². The van der Waals surface area contributed by atoms with Gasteiger partial charge in [-0.1, -0.05) is 36.4 Å². The summed E-state index contributed by atoms with van der Waals surface area (Å²) >= 11 is 0. The van der Waals surface area contributed by atoms with Crippen LogP contribution in [0.1, 0.15) is 15.9 Å². The lowest BCUT2D eigenvalue weighted by Crippen LogP contribution is -2.19. The Morgan fingerprint density at radius 3 is 2.65 bits per heavy atom. The largest absolute Gasteiger partial charge is 0.493 e. The number of rotatable bonds is 2. The monoisotopic (exact) mass is 266 g/mol. The lowest BCUT2D eigenvalue weighted by molar-refractivity contribution is 0.0999. The fourth-order valence-electron chi connectivity index (χ4n) is 2.25. The Kier molecular flexibility index (Phi) is 3.25. The summed E-state index contributed by atoms with van der Waals surface area (Å²) < 4.78 is 10.9. The summed E-state index contributed by atoms with van der Waals surface area (Å²) in [5.41, 5.74) is 2.19. The highest BCUT2D eigenvalue weighted by Gasteiger charge is 2.25. The van der Waals surface area contributed by atoms with Crippen LogP contribution in [0.2, 0.25) is 0 Å². The third-order valence-electron chi connectivity index (χ3n) is 3.25. The van der Waals surface area contributed by atoms with Crippen molar-refractivity contribution < 1.29 is 14.3 Å². The van der Waals surface area contributed by atoms with E-state index < -0.39 is 0 Å². The smallest absolute Gasteiger partial charge is 0.196 e. The van der Waals surface area contributed by atoms with E-state index in [0.717, 1.165) is 5.56 Å². The van der Waals surface area contributed by atoms with Crippen molar-refractivity contribution in [1.82, 2.24) is 0 Å². The SMILES string of the molecule is COc1cccc2c1OC/C(=C\c1ccccc1)C2=O. The maximum absolute atomic E-state index is 12.5. The van der Waals surface area contributed by atoms with Crippen LogP contribution in [-0.2, 0) is 0 Å². The van der Waals surface area contributed by atoms with E-state index in [4.69, 9.17) is 9.47 Å². The maximum Gasteiger partial charge on any atom is 0.196 e. The Morgan fingerprint density at radius 2 is 1.90 bits per heavy atom. The average Bonchev–Trinajstić information content (AvgIpc) is 2.51. The summed E-state index contributed by atoms with van der Waals surface area (Å²) in [6.45, 7) is 0.265. The Bertz CT molecular complexity index is 672. The molecule has 0 N–H and O–H groups in total. The summed E-state index contributed by atoms with van der Waals surface area (Å²) in [6.07, 6.45) is 1.87. The van der Waals surface area contributed by atoms with Crippen LogP contribution in [0, 0.1) is 0 Å². The third kappa shape index (κ3) is 2.18. The molecule has 1 heterocycles. The molecule has 0 spiro atoms. The molecule has 0 unspecified atom stereocenters. The second kappa shape index (κ2) is 5.21. The van der Waals surface area contributed by atoms with Crippen molar-refractivity contribution in [3.8, 4) is 11.5 Å². The number of ketones is 1. The zero-order valence-corrected chi connectivity index (χ0v) is 11.1. The van der Waals surface area contributed by atoms with Gasteiger partial charge < -0.3 is 9.47 Å². The number of ether oxygens (including phenoxy) is 2. The molecule has 0 amide bonds. The minimum absolute atomic E-state index is 0.00555. The Hall–Kier alpha value is -2.55. The molecular formula is C17H14O3. The number of fused-ring (bicyclic) bond motifs is 1. The summed E-state index contributed by atoms with van der Waals surface area (Å²) in [5.74, 6) is 1.12. The van der Waals surface area contributed by atoms with Crippen molar-refractivity contribution in [3.05, 3.63) is 65.2 Å². The van der Waals surface area contributed by atoms with Gasteiger partial charge in [0.25, 0.3) is 0 Å². The van der Waals surface area contributed by atoms with E-state index in [0.29, 0.717) is 22.6 Å². The van der Waals surface area contributed by atoms with Gasteiger partial charge in [-0.15, -0.1) is 0 Å². The van der Waals surface area contributed by atoms with Crippen molar-refractivity contribution in [2.24, 2.45) is 0 Å². The normalized spacial score (nSPS) is 15.7. The van der Waals surface area contributed by atoms with Crippen LogP contribution in [0.3, 0.4) is 0 Å². The van der Waals surface area contributed by atoms with E-state index in [1.54, 1.807) is 25.3 Å². The van der Waals surface area contributed by atoms with Gasteiger partial charge in [0, 0.05) is 5.57 Å². The second-order valence-electron chi connectivity index (χ2n) is 4.54. The van der Waals surface area contributed by atoms with Gasteiger partial charge in [0.1, 0.15) is 6.61 Å². The van der Waals surface area contributed by atoms with Crippen LogP contribution >= 0.6 is 0 Å². The van der Waals surface area contributed by atoms with E-state index in [9.17, 15) is 4.79 Å². The van der Waals surface area contributed by atoms with Crippen molar-refractivity contribution in [1.29, 1.82) is 0 Å². The van der Waals surface area contributed by atoms with E-state index in [1.807, 2.05) is 36.4 Å². The van der Waals surface area contributed by atoms with Crippen molar-refractivity contribution in [3.63, 3.8) is 0 Å². The first-order chi connectivity index (χ1) is 9.79. The average molecular weight is 266 g/mol. The topological polar surface area (TPSA) is 35.5 Å². The number of benzene rings is 2. The van der Waals surface area contributed by atoms with E-state index in [2.05, 4.69) is 0 Å². The summed E-state index contributed by atoms with van der Waals surface area (Å²) in [7, 11) is 1.57. The number of methoxy groups -OCH3 is 1. The summed E-state index contributed by atoms with van der Waals surface area (Å²) in [5, 5.41) is 0. The van der Waals surface area contributed by atoms with Gasteiger partial charge in [-0.25, -0.2) is 0 Å². The molecular weight excluding hydrogens is 252 g/mol. The number of hydrogen-bond acceptors (Lipinski definition) is 3. The fourth-order valence-corrected chi connectivity index (χ4v) is 2.25. The fraction of sp³-hybridized carbons (Fsp3) is 0.118. The number of Topliss-reactive ketones (excluding diaryl/α,β-unsaturated/α-hetero) is 1. The quantitative estimate of drug-likeness (QED) is 0.782. The summed E-state index contributed by atoms with van der Waals surface area (Å²) in [4.78, 5) is 12.5. The molecule has 2 aromatic carbocycles. The Labute approximate surface area is 117 Å². The van der Waals surface area contributed by atoms with E-state index in [1.165, 1.54) is 0 Å².